The minimum Gasteiger partial charge on any atom is -0.384 e. The molecule has 0 fully saturated rings. The number of ether oxygens (including phenoxy) is 1. The Balaban J connectivity index is 4.04. The van der Waals surface area contributed by atoms with Crippen LogP contribution in [-0.2, 0) is 9.53 Å². The molecule has 0 spiro atoms. The summed E-state index contributed by atoms with van der Waals surface area (Å²) in [5.74, 6) is -0.369. The third-order valence-corrected chi connectivity index (χ3v) is 1.94. The number of nitrogens with two attached hydrogens (primary N) is 2. The van der Waals surface area contributed by atoms with Gasteiger partial charge in [-0.3, -0.25) is 4.79 Å². The van der Waals surface area contributed by atoms with Crippen molar-refractivity contribution in [3.8, 4) is 0 Å². The molecule has 1 atom stereocenters. The maximum atomic E-state index is 10.6. The lowest BCUT2D eigenvalue weighted by Gasteiger charge is -2.29. The van der Waals surface area contributed by atoms with Gasteiger partial charge in [-0.2, -0.15) is 0 Å². The molecule has 0 aliphatic carbocycles. The van der Waals surface area contributed by atoms with Gasteiger partial charge < -0.3 is 16.2 Å². The predicted octanol–water partition coefficient (Wildman–Crippen LogP) is -0.138. The third kappa shape index (κ3) is 3.69. The van der Waals surface area contributed by atoms with Gasteiger partial charge in [-0.15, -0.1) is 0 Å². The normalized spacial score (nSPS) is 14.3. The highest BCUT2D eigenvalue weighted by atomic mass is 16.5. The Morgan fingerprint density at radius 2 is 2.08 bits per heavy atom. The summed E-state index contributed by atoms with van der Waals surface area (Å²) in [5, 5.41) is 0. The molecule has 12 heavy (non-hydrogen) atoms. The van der Waals surface area contributed by atoms with Crippen molar-refractivity contribution in [2.75, 3.05) is 13.7 Å². The van der Waals surface area contributed by atoms with Crippen LogP contribution in [0.2, 0.25) is 0 Å². The molecule has 0 aromatic rings. The lowest BCUT2D eigenvalue weighted by Crippen LogP contribution is -2.43. The van der Waals surface area contributed by atoms with Crippen LogP contribution >= 0.6 is 0 Å². The predicted molar refractivity (Wildman–Crippen MR) is 47.4 cm³/mol. The highest BCUT2D eigenvalue weighted by molar-refractivity contribution is 5.74. The maximum Gasteiger partial charge on any atom is 0.218 e. The van der Waals surface area contributed by atoms with Crippen LogP contribution in [0.4, 0.5) is 0 Å². The largest absolute Gasteiger partial charge is 0.384 e. The van der Waals surface area contributed by atoms with Gasteiger partial charge in [-0.05, 0) is 0 Å². The lowest BCUT2D eigenvalue weighted by molar-refractivity contribution is -0.119. The summed E-state index contributed by atoms with van der Waals surface area (Å²) in [6.45, 7) is 4.43. The zero-order valence-electron chi connectivity index (χ0n) is 7.96. The first-order chi connectivity index (χ1) is 5.40. The van der Waals surface area contributed by atoms with Crippen LogP contribution in [-0.4, -0.2) is 25.7 Å². The molecule has 4 heteroatoms. The Kier molecular flexibility index (Phi) is 4.20. The van der Waals surface area contributed by atoms with Gasteiger partial charge in [0.25, 0.3) is 0 Å². The van der Waals surface area contributed by atoms with E-state index >= 15 is 0 Å². The molecule has 0 saturated heterocycles. The topological polar surface area (TPSA) is 78.3 Å². The summed E-state index contributed by atoms with van der Waals surface area (Å²) in [5.41, 5.74) is 10.6. The summed E-state index contributed by atoms with van der Waals surface area (Å²) in [7, 11) is 1.61. The molecule has 0 aliphatic heterocycles. The van der Waals surface area contributed by atoms with E-state index in [0.29, 0.717) is 6.61 Å². The van der Waals surface area contributed by atoms with Gasteiger partial charge in [0, 0.05) is 25.0 Å². The van der Waals surface area contributed by atoms with Crippen molar-refractivity contribution >= 4 is 5.91 Å². The zero-order valence-corrected chi connectivity index (χ0v) is 7.96. The SMILES string of the molecule is COCC(C)(C)C(N)CC(N)=O. The number of rotatable bonds is 5. The second-order valence-electron chi connectivity index (χ2n) is 3.70. The van der Waals surface area contributed by atoms with Crippen molar-refractivity contribution < 1.29 is 9.53 Å². The van der Waals surface area contributed by atoms with Crippen molar-refractivity contribution in [2.24, 2.45) is 16.9 Å². The van der Waals surface area contributed by atoms with Crippen molar-refractivity contribution in [3.63, 3.8) is 0 Å². The highest BCUT2D eigenvalue weighted by Gasteiger charge is 2.27. The summed E-state index contributed by atoms with van der Waals surface area (Å²) >= 11 is 0. The fourth-order valence-corrected chi connectivity index (χ4v) is 0.972. The number of hydrogen-bond acceptors (Lipinski definition) is 3. The van der Waals surface area contributed by atoms with Crippen LogP contribution in [0, 0.1) is 5.41 Å². The van der Waals surface area contributed by atoms with Crippen LogP contribution in [0.5, 0.6) is 0 Å². The quantitative estimate of drug-likeness (QED) is 0.609. The molecule has 0 saturated carbocycles. The van der Waals surface area contributed by atoms with Crippen molar-refractivity contribution in [1.29, 1.82) is 0 Å². The summed E-state index contributed by atoms with van der Waals surface area (Å²) in [6.07, 6.45) is 0.205. The van der Waals surface area contributed by atoms with E-state index < -0.39 is 0 Å². The first kappa shape index (κ1) is 11.4. The van der Waals surface area contributed by atoms with E-state index in [1.165, 1.54) is 0 Å². The summed E-state index contributed by atoms with van der Waals surface area (Å²) in [4.78, 5) is 10.6. The van der Waals surface area contributed by atoms with Gasteiger partial charge in [0.1, 0.15) is 0 Å². The van der Waals surface area contributed by atoms with Crippen LogP contribution in [0.15, 0.2) is 0 Å². The Hall–Kier alpha value is -0.610. The molecule has 4 N–H and O–H groups in total. The molecular weight excluding hydrogens is 156 g/mol. The number of amides is 1. The Labute approximate surface area is 73.2 Å². The molecule has 0 radical (unpaired) electrons. The van der Waals surface area contributed by atoms with Crippen LogP contribution in [0.25, 0.3) is 0 Å². The van der Waals surface area contributed by atoms with E-state index in [0.717, 1.165) is 0 Å². The molecule has 4 nitrogen and oxygen atoms in total. The van der Waals surface area contributed by atoms with Crippen LogP contribution in [0.3, 0.4) is 0 Å². The first-order valence-electron chi connectivity index (χ1n) is 3.93. The average Bonchev–Trinajstić information content (AvgIpc) is 1.85. The molecule has 1 amide bonds. The fourth-order valence-electron chi connectivity index (χ4n) is 0.972. The van der Waals surface area contributed by atoms with Crippen LogP contribution in [0.1, 0.15) is 20.3 Å². The molecule has 72 valence electrons. The van der Waals surface area contributed by atoms with E-state index in [1.54, 1.807) is 7.11 Å². The first-order valence-corrected chi connectivity index (χ1v) is 3.93. The minimum absolute atomic E-state index is 0.205. The minimum atomic E-state index is -0.369. The number of carbonyl (C=O) groups is 1. The molecule has 1 unspecified atom stereocenters. The van der Waals surface area contributed by atoms with Crippen molar-refractivity contribution in [2.45, 2.75) is 26.3 Å². The third-order valence-electron chi connectivity index (χ3n) is 1.94. The van der Waals surface area contributed by atoms with Gasteiger partial charge in [0.2, 0.25) is 5.91 Å². The number of hydrogen-bond donors (Lipinski definition) is 2. The zero-order chi connectivity index (χ0) is 9.78. The monoisotopic (exact) mass is 174 g/mol. The van der Waals surface area contributed by atoms with Gasteiger partial charge >= 0.3 is 0 Å². The molecule has 0 aliphatic rings. The summed E-state index contributed by atoms with van der Waals surface area (Å²) < 4.78 is 4.98. The Bertz CT molecular complexity index is 157. The maximum absolute atomic E-state index is 10.6. The average molecular weight is 174 g/mol. The molecule has 0 rings (SSSR count). The van der Waals surface area contributed by atoms with Crippen molar-refractivity contribution in [3.05, 3.63) is 0 Å². The van der Waals surface area contributed by atoms with Crippen LogP contribution < -0.4 is 11.5 Å². The second kappa shape index (κ2) is 4.42. The van der Waals surface area contributed by atoms with E-state index in [1.807, 2.05) is 13.8 Å². The van der Waals surface area contributed by atoms with Gasteiger partial charge in [-0.1, -0.05) is 13.8 Å². The van der Waals surface area contributed by atoms with E-state index in [2.05, 4.69) is 0 Å². The molecular formula is C8H18N2O2. The number of methoxy groups -OCH3 is 1. The smallest absolute Gasteiger partial charge is 0.218 e. The van der Waals surface area contributed by atoms with E-state index in [-0.39, 0.29) is 23.8 Å². The molecule has 0 heterocycles. The van der Waals surface area contributed by atoms with Crippen molar-refractivity contribution in [1.82, 2.24) is 0 Å². The number of carbonyl (C=O) groups excluding carboxylic acids is 1. The fraction of sp³-hybridized carbons (Fsp3) is 0.875. The summed E-state index contributed by atoms with van der Waals surface area (Å²) in [6, 6.07) is -0.241. The van der Waals surface area contributed by atoms with Gasteiger partial charge in [0.05, 0.1) is 6.61 Å². The van der Waals surface area contributed by atoms with Gasteiger partial charge in [-0.25, -0.2) is 0 Å². The standard InChI is InChI=1S/C8H18N2O2/c1-8(2,5-12-3)6(9)4-7(10)11/h6H,4-5,9H2,1-3H3,(H2,10,11). The Morgan fingerprint density at radius 3 is 2.42 bits per heavy atom. The molecule has 0 bridgehead atoms. The van der Waals surface area contributed by atoms with Gasteiger partial charge in [0.15, 0.2) is 0 Å². The lowest BCUT2D eigenvalue weighted by atomic mass is 9.84. The van der Waals surface area contributed by atoms with E-state index in [9.17, 15) is 4.79 Å². The molecule has 0 aromatic carbocycles. The second-order valence-corrected chi connectivity index (χ2v) is 3.70. The van der Waals surface area contributed by atoms with E-state index in [4.69, 9.17) is 16.2 Å². The highest BCUT2D eigenvalue weighted by Crippen LogP contribution is 2.21. The number of primary amides is 1. The Morgan fingerprint density at radius 1 is 1.58 bits per heavy atom. The molecule has 0 aromatic heterocycles.